The molecule has 0 spiro atoms. The standard InChI is InChI=1S/C16H19NO/c1-16(2,3)10-8-15(18)13-9-11-17-14-7-5-4-6-12(13)14/h4-7,9,11H,8,10H2,1-3H3. The topological polar surface area (TPSA) is 30.0 Å². The van der Waals surface area contributed by atoms with Crippen LogP contribution in [0.5, 0.6) is 0 Å². The van der Waals surface area contributed by atoms with Gasteiger partial charge in [-0.15, -0.1) is 0 Å². The molecule has 0 atom stereocenters. The van der Waals surface area contributed by atoms with Crippen LogP contribution in [0.2, 0.25) is 0 Å². The molecule has 2 rings (SSSR count). The summed E-state index contributed by atoms with van der Waals surface area (Å²) in [4.78, 5) is 16.6. The van der Waals surface area contributed by atoms with Crippen LogP contribution in [-0.2, 0) is 0 Å². The lowest BCUT2D eigenvalue weighted by Crippen LogP contribution is -2.09. The number of carbonyl (C=O) groups excluding carboxylic acids is 1. The van der Waals surface area contributed by atoms with E-state index in [-0.39, 0.29) is 11.2 Å². The fourth-order valence-corrected chi connectivity index (χ4v) is 1.96. The molecule has 0 fully saturated rings. The fourth-order valence-electron chi connectivity index (χ4n) is 1.96. The highest BCUT2D eigenvalue weighted by molar-refractivity contribution is 6.07. The van der Waals surface area contributed by atoms with Crippen LogP contribution in [0.4, 0.5) is 0 Å². The largest absolute Gasteiger partial charge is 0.294 e. The minimum atomic E-state index is 0.193. The zero-order chi connectivity index (χ0) is 13.2. The molecular formula is C16H19NO. The molecular weight excluding hydrogens is 222 g/mol. The van der Waals surface area contributed by atoms with Crippen LogP contribution in [-0.4, -0.2) is 10.8 Å². The monoisotopic (exact) mass is 241 g/mol. The zero-order valence-corrected chi connectivity index (χ0v) is 11.2. The third-order valence-corrected chi connectivity index (χ3v) is 3.05. The van der Waals surface area contributed by atoms with Crippen molar-refractivity contribution in [3.63, 3.8) is 0 Å². The molecule has 1 heterocycles. The highest BCUT2D eigenvalue weighted by atomic mass is 16.1. The number of benzene rings is 1. The number of rotatable bonds is 3. The van der Waals surface area contributed by atoms with Crippen LogP contribution in [0.25, 0.3) is 10.9 Å². The van der Waals surface area contributed by atoms with Crippen LogP contribution in [0.1, 0.15) is 44.0 Å². The minimum Gasteiger partial charge on any atom is -0.294 e. The molecule has 1 aromatic heterocycles. The van der Waals surface area contributed by atoms with E-state index in [1.807, 2.05) is 30.3 Å². The number of hydrogen-bond donors (Lipinski definition) is 0. The van der Waals surface area contributed by atoms with Crippen LogP contribution in [0, 0.1) is 5.41 Å². The summed E-state index contributed by atoms with van der Waals surface area (Å²) < 4.78 is 0. The lowest BCUT2D eigenvalue weighted by Gasteiger charge is -2.17. The quantitative estimate of drug-likeness (QED) is 0.752. The third kappa shape index (κ3) is 2.95. The minimum absolute atomic E-state index is 0.193. The van der Waals surface area contributed by atoms with E-state index in [4.69, 9.17) is 0 Å². The molecule has 0 unspecified atom stereocenters. The van der Waals surface area contributed by atoms with Crippen molar-refractivity contribution in [2.24, 2.45) is 5.41 Å². The predicted octanol–water partition coefficient (Wildman–Crippen LogP) is 4.24. The van der Waals surface area contributed by atoms with Gasteiger partial charge in [0.2, 0.25) is 0 Å². The van der Waals surface area contributed by atoms with Crippen LogP contribution < -0.4 is 0 Å². The molecule has 0 N–H and O–H groups in total. The van der Waals surface area contributed by atoms with Crippen LogP contribution in [0.15, 0.2) is 36.5 Å². The van der Waals surface area contributed by atoms with Crippen molar-refractivity contribution >= 4 is 16.7 Å². The molecule has 94 valence electrons. The molecule has 18 heavy (non-hydrogen) atoms. The number of nitrogens with zero attached hydrogens (tertiary/aromatic N) is 1. The number of ketones is 1. The molecule has 0 bridgehead atoms. The van der Waals surface area contributed by atoms with E-state index in [9.17, 15) is 4.79 Å². The van der Waals surface area contributed by atoms with E-state index in [2.05, 4.69) is 25.8 Å². The van der Waals surface area contributed by atoms with Crippen molar-refractivity contribution in [3.8, 4) is 0 Å². The lowest BCUT2D eigenvalue weighted by molar-refractivity contribution is 0.0967. The van der Waals surface area contributed by atoms with E-state index in [0.29, 0.717) is 6.42 Å². The highest BCUT2D eigenvalue weighted by Gasteiger charge is 2.15. The maximum Gasteiger partial charge on any atom is 0.163 e. The van der Waals surface area contributed by atoms with Crippen molar-refractivity contribution in [3.05, 3.63) is 42.1 Å². The van der Waals surface area contributed by atoms with E-state index in [0.717, 1.165) is 22.9 Å². The van der Waals surface area contributed by atoms with Crippen molar-refractivity contribution < 1.29 is 4.79 Å². The first kappa shape index (κ1) is 12.7. The second-order valence-electron chi connectivity index (χ2n) is 5.86. The molecule has 0 aliphatic carbocycles. The number of carbonyl (C=O) groups is 1. The Morgan fingerprint density at radius 3 is 2.61 bits per heavy atom. The highest BCUT2D eigenvalue weighted by Crippen LogP contribution is 2.24. The Balaban J connectivity index is 2.28. The molecule has 2 nitrogen and oxygen atoms in total. The molecule has 0 radical (unpaired) electrons. The van der Waals surface area contributed by atoms with Gasteiger partial charge in [0.15, 0.2) is 5.78 Å². The normalized spacial score (nSPS) is 11.7. The average molecular weight is 241 g/mol. The van der Waals surface area contributed by atoms with Gasteiger partial charge in [-0.25, -0.2) is 0 Å². The van der Waals surface area contributed by atoms with Crippen molar-refractivity contribution in [1.82, 2.24) is 4.98 Å². The first-order valence-corrected chi connectivity index (χ1v) is 6.34. The van der Waals surface area contributed by atoms with Gasteiger partial charge < -0.3 is 0 Å². The summed E-state index contributed by atoms with van der Waals surface area (Å²) in [6.45, 7) is 6.47. The van der Waals surface area contributed by atoms with Gasteiger partial charge >= 0.3 is 0 Å². The number of fused-ring (bicyclic) bond motifs is 1. The van der Waals surface area contributed by atoms with E-state index >= 15 is 0 Å². The predicted molar refractivity (Wildman–Crippen MR) is 74.8 cm³/mol. The summed E-state index contributed by atoms with van der Waals surface area (Å²) in [5.74, 6) is 0.212. The molecule has 1 aromatic carbocycles. The maximum absolute atomic E-state index is 12.3. The van der Waals surface area contributed by atoms with Gasteiger partial charge in [-0.05, 0) is 24.0 Å². The van der Waals surface area contributed by atoms with Crippen LogP contribution in [0.3, 0.4) is 0 Å². The summed E-state index contributed by atoms with van der Waals surface area (Å²) >= 11 is 0. The summed E-state index contributed by atoms with van der Waals surface area (Å²) in [5, 5.41) is 0.957. The van der Waals surface area contributed by atoms with Crippen molar-refractivity contribution in [2.45, 2.75) is 33.6 Å². The van der Waals surface area contributed by atoms with E-state index in [1.54, 1.807) is 6.20 Å². The molecule has 2 aromatic rings. The van der Waals surface area contributed by atoms with Gasteiger partial charge in [-0.2, -0.15) is 0 Å². The Labute approximate surface area is 108 Å². The van der Waals surface area contributed by atoms with Crippen molar-refractivity contribution in [2.75, 3.05) is 0 Å². The Bertz CT molecular complexity index is 561. The number of aromatic nitrogens is 1. The Kier molecular flexibility index (Phi) is 3.46. The fraction of sp³-hybridized carbons (Fsp3) is 0.375. The number of pyridine rings is 1. The first-order valence-electron chi connectivity index (χ1n) is 6.34. The van der Waals surface area contributed by atoms with E-state index in [1.165, 1.54) is 0 Å². The van der Waals surface area contributed by atoms with Gasteiger partial charge in [0.25, 0.3) is 0 Å². The summed E-state index contributed by atoms with van der Waals surface area (Å²) in [6, 6.07) is 9.62. The summed E-state index contributed by atoms with van der Waals surface area (Å²) in [7, 11) is 0. The maximum atomic E-state index is 12.3. The summed E-state index contributed by atoms with van der Waals surface area (Å²) in [5.41, 5.74) is 1.88. The Morgan fingerprint density at radius 1 is 1.17 bits per heavy atom. The van der Waals surface area contributed by atoms with Gasteiger partial charge in [0.1, 0.15) is 0 Å². The van der Waals surface area contributed by atoms with Gasteiger partial charge in [0.05, 0.1) is 5.52 Å². The van der Waals surface area contributed by atoms with Gasteiger partial charge in [-0.3, -0.25) is 9.78 Å². The first-order chi connectivity index (χ1) is 8.47. The van der Waals surface area contributed by atoms with Crippen molar-refractivity contribution in [1.29, 1.82) is 0 Å². The van der Waals surface area contributed by atoms with Gasteiger partial charge in [0, 0.05) is 23.6 Å². The molecule has 0 aliphatic heterocycles. The summed E-state index contributed by atoms with van der Waals surface area (Å²) in [6.07, 6.45) is 3.21. The average Bonchev–Trinajstić information content (AvgIpc) is 2.34. The second kappa shape index (κ2) is 4.89. The lowest BCUT2D eigenvalue weighted by atomic mass is 9.88. The van der Waals surface area contributed by atoms with Crippen LogP contribution >= 0.6 is 0 Å². The molecule has 0 aliphatic rings. The number of hydrogen-bond acceptors (Lipinski definition) is 2. The Hall–Kier alpha value is -1.70. The zero-order valence-electron chi connectivity index (χ0n) is 11.2. The SMILES string of the molecule is CC(C)(C)CCC(=O)c1ccnc2ccccc12. The number of Topliss-reactive ketones (excluding diaryl/α,β-unsaturated/α-hetero) is 1. The smallest absolute Gasteiger partial charge is 0.163 e. The third-order valence-electron chi connectivity index (χ3n) is 3.05. The molecule has 2 heteroatoms. The number of para-hydroxylation sites is 1. The molecule has 0 saturated carbocycles. The second-order valence-corrected chi connectivity index (χ2v) is 5.86. The molecule has 0 amide bonds. The van der Waals surface area contributed by atoms with Gasteiger partial charge in [-0.1, -0.05) is 39.0 Å². The Morgan fingerprint density at radius 2 is 1.89 bits per heavy atom. The van der Waals surface area contributed by atoms with E-state index < -0.39 is 0 Å². The molecule has 0 saturated heterocycles.